The van der Waals surface area contributed by atoms with Crippen molar-refractivity contribution in [1.29, 1.82) is 1.43 Å². The molecule has 0 unspecified atom stereocenters. The van der Waals surface area contributed by atoms with Crippen LogP contribution in [0.15, 0.2) is 0 Å². The second-order valence-corrected chi connectivity index (χ2v) is 2.54. The van der Waals surface area contributed by atoms with E-state index in [2.05, 4.69) is 5.11 Å². The molecule has 0 heterocycles. The third-order valence-corrected chi connectivity index (χ3v) is 0.612. The Morgan fingerprint density at radius 2 is 2.14 bits per heavy atom. The molecular formula is C5H10O2. The normalized spacial score (nSPS) is 12.7. The molecule has 0 aromatic heterocycles. The molecular weight excluding hydrogens is 92.1 g/mol. The van der Waals surface area contributed by atoms with Crippen LogP contribution in [0.25, 0.3) is 1.43 Å². The molecule has 1 N–H and O–H groups in total. The molecule has 0 rings (SSSR count). The van der Waals surface area contributed by atoms with Crippen molar-refractivity contribution in [3.8, 4) is 0 Å². The molecule has 0 fully saturated rings. The number of aliphatic carboxylic acids is 1. The Morgan fingerprint density at radius 1 is 1.71 bits per heavy atom. The van der Waals surface area contributed by atoms with Crippen LogP contribution in [0.4, 0.5) is 0 Å². The lowest BCUT2D eigenvalue weighted by Gasteiger charge is -2.08. The first-order valence-corrected chi connectivity index (χ1v) is 2.16. The highest BCUT2D eigenvalue weighted by Crippen LogP contribution is 2.11. The van der Waals surface area contributed by atoms with E-state index in [0.29, 0.717) is 0 Å². The summed E-state index contributed by atoms with van der Waals surface area (Å²) < 4.78 is 6.21. The van der Waals surface area contributed by atoms with Crippen LogP contribution in [0.1, 0.15) is 20.8 Å². The van der Waals surface area contributed by atoms with Gasteiger partial charge in [-0.15, -0.1) is 0 Å². The van der Waals surface area contributed by atoms with Crippen molar-refractivity contribution in [2.24, 2.45) is 5.41 Å². The Hall–Kier alpha value is -0.530. The van der Waals surface area contributed by atoms with Crippen LogP contribution in [0.2, 0.25) is 0 Å². The van der Waals surface area contributed by atoms with E-state index in [1.54, 1.807) is 20.8 Å². The Morgan fingerprint density at radius 3 is 2.14 bits per heavy atom. The summed E-state index contributed by atoms with van der Waals surface area (Å²) in [6.45, 7) is 5.09. The lowest BCUT2D eigenvalue weighted by Crippen LogP contribution is -2.18. The van der Waals surface area contributed by atoms with Crippen LogP contribution in [0, 0.1) is 5.41 Å². The zero-order valence-corrected chi connectivity index (χ0v) is 4.82. The highest BCUT2D eigenvalue weighted by molar-refractivity contribution is 5.72. The van der Waals surface area contributed by atoms with Crippen LogP contribution < -0.4 is 0 Å². The van der Waals surface area contributed by atoms with E-state index in [9.17, 15) is 4.79 Å². The van der Waals surface area contributed by atoms with Crippen molar-refractivity contribution in [3.63, 3.8) is 0 Å². The van der Waals surface area contributed by atoms with Gasteiger partial charge in [-0.3, -0.25) is 4.79 Å². The molecule has 7 heavy (non-hydrogen) atoms. The van der Waals surface area contributed by atoms with Gasteiger partial charge in [0.05, 0.1) is 5.41 Å². The smallest absolute Gasteiger partial charge is 0.308 e. The monoisotopic (exact) mass is 103 g/mol. The average Bonchev–Trinajstić information content (AvgIpc) is 1.62. The Kier molecular flexibility index (Phi) is 1.01. The summed E-state index contributed by atoms with van der Waals surface area (Å²) in [4.78, 5) is 10.4. The summed E-state index contributed by atoms with van der Waals surface area (Å²) in [6.07, 6.45) is 0. The molecule has 0 aliphatic rings. The largest absolute Gasteiger partial charge is 0.481 e. The van der Waals surface area contributed by atoms with Crippen LogP contribution >= 0.6 is 0 Å². The number of hydrogen-bond acceptors (Lipinski definition) is 2. The van der Waals surface area contributed by atoms with Gasteiger partial charge in [-0.1, -0.05) is 0 Å². The maximum Gasteiger partial charge on any atom is 0.308 e. The van der Waals surface area contributed by atoms with Crippen molar-refractivity contribution in [3.05, 3.63) is 0 Å². The van der Waals surface area contributed by atoms with Gasteiger partial charge in [-0.2, -0.15) is 0 Å². The molecule has 0 aromatic carbocycles. The number of hydrogen-bond donors (Lipinski definition) is 1. The van der Waals surface area contributed by atoms with Gasteiger partial charge in [0, 0.05) is 0 Å². The fraction of sp³-hybridized carbons (Fsp3) is 0.800. The molecule has 0 radical (unpaired) electrons. The lowest BCUT2D eigenvalue weighted by atomic mass is 9.98. The quantitative estimate of drug-likeness (QED) is 0.498. The lowest BCUT2D eigenvalue weighted by molar-refractivity contribution is -0.145. The maximum atomic E-state index is 10.4. The average molecular weight is 103 g/mol. The summed E-state index contributed by atoms with van der Waals surface area (Å²) in [5, 5.41) is 3.73. The Bertz CT molecular complexity index is 93.1. The Balaban J connectivity index is 3.82. The molecule has 0 bridgehead atoms. The van der Waals surface area contributed by atoms with E-state index in [1.807, 2.05) is 0 Å². The summed E-state index contributed by atoms with van der Waals surface area (Å²) in [7, 11) is 0. The van der Waals surface area contributed by atoms with Crippen molar-refractivity contribution in [1.82, 2.24) is 0 Å². The minimum absolute atomic E-state index is 0.502. The maximum absolute atomic E-state index is 10.4. The predicted molar refractivity (Wildman–Crippen MR) is 27.1 cm³/mol. The second kappa shape index (κ2) is 1.52. The van der Waals surface area contributed by atoms with Gasteiger partial charge in [0.2, 0.25) is 0 Å². The Labute approximate surface area is 44.6 Å². The van der Waals surface area contributed by atoms with Crippen LogP contribution in [-0.4, -0.2) is 11.1 Å². The first-order chi connectivity index (χ1) is 3.48. The summed E-state index contributed by atoms with van der Waals surface area (Å²) in [5.74, 6) is -0.502. The SMILES string of the molecule is [2H]OC(=O)C(C)(C)C. The van der Waals surface area contributed by atoms with Crippen molar-refractivity contribution < 1.29 is 9.90 Å². The molecule has 0 aliphatic heterocycles. The topological polar surface area (TPSA) is 37.3 Å². The molecule has 0 spiro atoms. The minimum Gasteiger partial charge on any atom is -0.481 e. The zero-order valence-electron chi connectivity index (χ0n) is 5.82. The molecule has 2 nitrogen and oxygen atoms in total. The van der Waals surface area contributed by atoms with Gasteiger partial charge in [0.25, 0.3) is 1.43 Å². The number of rotatable bonds is 0. The molecule has 0 saturated heterocycles. The molecule has 42 valence electrons. The number of carboxylic acid groups (broad SMARTS) is 1. The molecule has 2 heteroatoms. The highest BCUT2D eigenvalue weighted by atomic mass is 16.4. The van der Waals surface area contributed by atoms with Gasteiger partial charge in [0.15, 0.2) is 0 Å². The second-order valence-electron chi connectivity index (χ2n) is 2.54. The molecule has 0 amide bonds. The van der Waals surface area contributed by atoms with Crippen LogP contribution in [-0.2, 0) is 4.79 Å². The van der Waals surface area contributed by atoms with Crippen molar-refractivity contribution >= 4 is 5.97 Å². The minimum atomic E-state index is -0.540. The predicted octanol–water partition coefficient (Wildman–Crippen LogP) is 1.12. The van der Waals surface area contributed by atoms with Crippen LogP contribution in [0.5, 0.6) is 0 Å². The first-order valence-electron chi connectivity index (χ1n) is 2.57. The summed E-state index contributed by atoms with van der Waals surface area (Å²) in [5.41, 5.74) is -0.540. The molecule has 0 atom stereocenters. The number of carbonyl (C=O) groups is 1. The molecule has 0 aromatic rings. The van der Waals surface area contributed by atoms with E-state index < -0.39 is 11.4 Å². The van der Waals surface area contributed by atoms with Crippen molar-refractivity contribution in [2.45, 2.75) is 20.8 Å². The summed E-state index contributed by atoms with van der Waals surface area (Å²) >= 11 is 0. The fourth-order valence-corrected chi connectivity index (χ4v) is 0. The molecule has 0 aliphatic carbocycles. The van der Waals surface area contributed by atoms with Gasteiger partial charge in [-0.25, -0.2) is 0 Å². The van der Waals surface area contributed by atoms with Crippen LogP contribution in [0.3, 0.4) is 0 Å². The number of carboxylic acids is 1. The van der Waals surface area contributed by atoms with E-state index >= 15 is 0 Å². The van der Waals surface area contributed by atoms with Gasteiger partial charge < -0.3 is 5.11 Å². The third-order valence-electron chi connectivity index (χ3n) is 0.612. The van der Waals surface area contributed by atoms with Gasteiger partial charge in [0.1, 0.15) is 0 Å². The van der Waals surface area contributed by atoms with E-state index in [4.69, 9.17) is 1.43 Å². The first kappa shape index (κ1) is 4.62. The van der Waals surface area contributed by atoms with E-state index in [1.165, 1.54) is 0 Å². The fourth-order valence-electron chi connectivity index (χ4n) is 0. The van der Waals surface area contributed by atoms with E-state index in [0.717, 1.165) is 0 Å². The summed E-state index contributed by atoms with van der Waals surface area (Å²) in [6, 6.07) is 0. The van der Waals surface area contributed by atoms with E-state index in [-0.39, 0.29) is 0 Å². The van der Waals surface area contributed by atoms with Crippen molar-refractivity contribution in [2.75, 3.05) is 0 Å². The van der Waals surface area contributed by atoms with Gasteiger partial charge in [-0.05, 0) is 20.8 Å². The molecule has 0 saturated carbocycles. The zero-order chi connectivity index (χ0) is 6.78. The highest BCUT2D eigenvalue weighted by Gasteiger charge is 2.18. The third kappa shape index (κ3) is 2.20. The standard InChI is InChI=1S/C5H10O2/c1-5(2,3)4(6)7/h1-3H3,(H,6,7)/i/hD. The van der Waals surface area contributed by atoms with Gasteiger partial charge >= 0.3 is 5.97 Å².